The normalized spacial score (nSPS) is 13.7. The number of benzene rings is 1. The molecule has 148 valence electrons. The average molecular weight is 389 g/mol. The minimum atomic E-state index is -0.189. The fourth-order valence-electron chi connectivity index (χ4n) is 3.22. The molecule has 1 amide bonds. The van der Waals surface area contributed by atoms with Gasteiger partial charge in [0.15, 0.2) is 0 Å². The zero-order valence-corrected chi connectivity index (χ0v) is 16.0. The van der Waals surface area contributed by atoms with Gasteiger partial charge in [-0.25, -0.2) is 0 Å². The molecule has 0 bridgehead atoms. The molecule has 0 saturated carbocycles. The lowest BCUT2D eigenvalue weighted by Gasteiger charge is -2.30. The van der Waals surface area contributed by atoms with Crippen LogP contribution in [0.25, 0.3) is 0 Å². The third-order valence-corrected chi connectivity index (χ3v) is 4.75. The van der Waals surface area contributed by atoms with Gasteiger partial charge in [-0.3, -0.25) is 14.8 Å². The smallest absolute Gasteiger partial charge is 0.257 e. The van der Waals surface area contributed by atoms with Crippen LogP contribution in [-0.2, 0) is 11.3 Å². The highest BCUT2D eigenvalue weighted by molar-refractivity contribution is 6.06. The number of aromatic nitrogens is 2. The van der Waals surface area contributed by atoms with E-state index >= 15 is 0 Å². The number of para-hydroxylation sites is 2. The van der Waals surface area contributed by atoms with Gasteiger partial charge in [0.05, 0.1) is 35.8 Å². The van der Waals surface area contributed by atoms with E-state index < -0.39 is 0 Å². The number of carbonyl (C=O) groups is 1. The number of rotatable bonds is 6. The maximum absolute atomic E-state index is 12.8. The van der Waals surface area contributed by atoms with Crippen molar-refractivity contribution in [3.8, 4) is 0 Å². The number of nitrogens with one attached hydrogen (secondary N) is 2. The van der Waals surface area contributed by atoms with E-state index in [4.69, 9.17) is 4.74 Å². The van der Waals surface area contributed by atoms with Gasteiger partial charge in [0.25, 0.3) is 5.91 Å². The molecule has 4 rings (SSSR count). The van der Waals surface area contributed by atoms with Gasteiger partial charge in [-0.2, -0.15) is 0 Å². The van der Waals surface area contributed by atoms with Crippen molar-refractivity contribution in [2.75, 3.05) is 41.8 Å². The van der Waals surface area contributed by atoms with Gasteiger partial charge in [-0.1, -0.05) is 12.1 Å². The third kappa shape index (κ3) is 4.89. The minimum absolute atomic E-state index is 0.189. The van der Waals surface area contributed by atoms with Crippen LogP contribution in [-0.4, -0.2) is 42.2 Å². The molecule has 29 heavy (non-hydrogen) atoms. The van der Waals surface area contributed by atoms with E-state index in [2.05, 4.69) is 25.5 Å². The maximum atomic E-state index is 12.8. The van der Waals surface area contributed by atoms with Crippen molar-refractivity contribution in [2.45, 2.75) is 6.54 Å². The van der Waals surface area contributed by atoms with Gasteiger partial charge in [-0.15, -0.1) is 0 Å². The minimum Gasteiger partial charge on any atom is -0.380 e. The van der Waals surface area contributed by atoms with Crippen LogP contribution in [0.3, 0.4) is 0 Å². The summed E-state index contributed by atoms with van der Waals surface area (Å²) >= 11 is 0. The summed E-state index contributed by atoms with van der Waals surface area (Å²) in [5.41, 5.74) is 4.19. The Bertz CT molecular complexity index is 958. The standard InChI is InChI=1S/C22H23N5O2/c28-22(26-20-3-1-2-4-21(20)27-9-11-29-12-10-27)18-13-19(16-24-15-18)25-14-17-5-7-23-8-6-17/h1-8,13,15-16,25H,9-12,14H2,(H,26,28). The van der Waals surface area contributed by atoms with Gasteiger partial charge in [0.1, 0.15) is 0 Å². The Balaban J connectivity index is 1.45. The molecule has 0 unspecified atom stereocenters. The second kappa shape index (κ2) is 9.16. The van der Waals surface area contributed by atoms with Crippen LogP contribution in [0.4, 0.5) is 17.1 Å². The van der Waals surface area contributed by atoms with E-state index in [1.54, 1.807) is 30.9 Å². The Morgan fingerprint density at radius 3 is 2.66 bits per heavy atom. The fourth-order valence-corrected chi connectivity index (χ4v) is 3.22. The highest BCUT2D eigenvalue weighted by atomic mass is 16.5. The van der Waals surface area contributed by atoms with Crippen molar-refractivity contribution in [1.82, 2.24) is 9.97 Å². The molecule has 0 radical (unpaired) electrons. The van der Waals surface area contributed by atoms with Gasteiger partial charge in [0, 0.05) is 44.4 Å². The lowest BCUT2D eigenvalue weighted by molar-refractivity contribution is 0.102. The van der Waals surface area contributed by atoms with Crippen molar-refractivity contribution < 1.29 is 9.53 Å². The number of hydrogen-bond acceptors (Lipinski definition) is 6. The van der Waals surface area contributed by atoms with Crippen molar-refractivity contribution in [3.63, 3.8) is 0 Å². The van der Waals surface area contributed by atoms with E-state index in [0.717, 1.165) is 35.7 Å². The number of pyridine rings is 2. The molecule has 1 aliphatic rings. The van der Waals surface area contributed by atoms with E-state index in [1.807, 2.05) is 36.4 Å². The van der Waals surface area contributed by atoms with Crippen molar-refractivity contribution >= 4 is 23.0 Å². The largest absolute Gasteiger partial charge is 0.380 e. The second-order valence-corrected chi connectivity index (χ2v) is 6.74. The van der Waals surface area contributed by atoms with Gasteiger partial charge in [-0.05, 0) is 35.9 Å². The topological polar surface area (TPSA) is 79.4 Å². The maximum Gasteiger partial charge on any atom is 0.257 e. The first kappa shape index (κ1) is 18.9. The molecule has 7 heteroatoms. The quantitative estimate of drug-likeness (QED) is 0.674. The number of morpholine rings is 1. The van der Waals surface area contributed by atoms with Gasteiger partial charge < -0.3 is 20.3 Å². The number of anilines is 3. The number of nitrogens with zero attached hydrogens (tertiary/aromatic N) is 3. The molecule has 0 atom stereocenters. The van der Waals surface area contributed by atoms with Crippen LogP contribution in [0.15, 0.2) is 67.3 Å². The number of amides is 1. The van der Waals surface area contributed by atoms with E-state index in [1.165, 1.54) is 0 Å². The van der Waals surface area contributed by atoms with Crippen molar-refractivity contribution in [3.05, 3.63) is 78.4 Å². The van der Waals surface area contributed by atoms with Crippen LogP contribution in [0.1, 0.15) is 15.9 Å². The zero-order valence-electron chi connectivity index (χ0n) is 16.0. The summed E-state index contributed by atoms with van der Waals surface area (Å²) in [7, 11) is 0. The van der Waals surface area contributed by atoms with Gasteiger partial charge in [0.2, 0.25) is 0 Å². The van der Waals surface area contributed by atoms with Crippen LogP contribution in [0, 0.1) is 0 Å². The zero-order chi connectivity index (χ0) is 19.9. The molecule has 1 aromatic carbocycles. The second-order valence-electron chi connectivity index (χ2n) is 6.74. The first-order chi connectivity index (χ1) is 14.3. The number of ether oxygens (including phenoxy) is 1. The predicted molar refractivity (Wildman–Crippen MR) is 113 cm³/mol. The van der Waals surface area contributed by atoms with Crippen LogP contribution in [0.2, 0.25) is 0 Å². The molecule has 2 N–H and O–H groups in total. The molecule has 7 nitrogen and oxygen atoms in total. The molecule has 3 aromatic rings. The Morgan fingerprint density at radius 1 is 1.03 bits per heavy atom. The summed E-state index contributed by atoms with van der Waals surface area (Å²) in [5.74, 6) is -0.189. The molecule has 0 aliphatic carbocycles. The Morgan fingerprint density at radius 2 is 1.83 bits per heavy atom. The summed E-state index contributed by atoms with van der Waals surface area (Å²) in [6, 6.07) is 13.5. The monoisotopic (exact) mass is 389 g/mol. The predicted octanol–water partition coefficient (Wildman–Crippen LogP) is 3.18. The fraction of sp³-hybridized carbons (Fsp3) is 0.227. The van der Waals surface area contributed by atoms with Crippen LogP contribution in [0.5, 0.6) is 0 Å². The average Bonchev–Trinajstić information content (AvgIpc) is 2.79. The molecule has 3 heterocycles. The summed E-state index contributed by atoms with van der Waals surface area (Å²) in [4.78, 5) is 23.3. The molecular formula is C22H23N5O2. The Kier molecular flexibility index (Phi) is 5.97. The highest BCUT2D eigenvalue weighted by Crippen LogP contribution is 2.27. The summed E-state index contributed by atoms with van der Waals surface area (Å²) in [6.45, 7) is 3.63. The van der Waals surface area contributed by atoms with Crippen molar-refractivity contribution in [2.24, 2.45) is 0 Å². The summed E-state index contributed by atoms with van der Waals surface area (Å²) in [6.07, 6.45) is 6.79. The molecule has 1 fully saturated rings. The van der Waals surface area contributed by atoms with Gasteiger partial charge >= 0.3 is 0 Å². The SMILES string of the molecule is O=C(Nc1ccccc1N1CCOCC1)c1cncc(NCc2ccncc2)c1. The molecule has 1 aliphatic heterocycles. The number of hydrogen-bond donors (Lipinski definition) is 2. The first-order valence-corrected chi connectivity index (χ1v) is 9.60. The Labute approximate surface area is 169 Å². The van der Waals surface area contributed by atoms with E-state index in [9.17, 15) is 4.79 Å². The molecular weight excluding hydrogens is 366 g/mol. The van der Waals surface area contributed by atoms with E-state index in [0.29, 0.717) is 25.3 Å². The molecule has 1 saturated heterocycles. The first-order valence-electron chi connectivity index (χ1n) is 9.60. The lowest BCUT2D eigenvalue weighted by atomic mass is 10.2. The van der Waals surface area contributed by atoms with Crippen LogP contribution >= 0.6 is 0 Å². The van der Waals surface area contributed by atoms with Crippen molar-refractivity contribution in [1.29, 1.82) is 0 Å². The van der Waals surface area contributed by atoms with E-state index in [-0.39, 0.29) is 5.91 Å². The highest BCUT2D eigenvalue weighted by Gasteiger charge is 2.16. The van der Waals surface area contributed by atoms with Crippen LogP contribution < -0.4 is 15.5 Å². The third-order valence-electron chi connectivity index (χ3n) is 4.75. The lowest BCUT2D eigenvalue weighted by Crippen LogP contribution is -2.36. The summed E-state index contributed by atoms with van der Waals surface area (Å²) in [5, 5.41) is 6.32. The molecule has 2 aromatic heterocycles. The molecule has 0 spiro atoms. The Hall–Kier alpha value is -3.45. The number of carbonyl (C=O) groups excluding carboxylic acids is 1. The summed E-state index contributed by atoms with van der Waals surface area (Å²) < 4.78 is 5.43.